The van der Waals surface area contributed by atoms with E-state index in [1.54, 1.807) is 6.07 Å². The molecule has 0 aliphatic rings. The third-order valence-corrected chi connectivity index (χ3v) is 4.78. The summed E-state index contributed by atoms with van der Waals surface area (Å²) >= 11 is 0. The Kier molecular flexibility index (Phi) is 21.9. The quantitative estimate of drug-likeness (QED) is 0.0943. The van der Waals surface area contributed by atoms with E-state index in [2.05, 4.69) is 0 Å². The summed E-state index contributed by atoms with van der Waals surface area (Å²) in [5, 5.41) is 8.53. The van der Waals surface area contributed by atoms with Crippen LogP contribution in [0.2, 0.25) is 0 Å². The molecule has 3 N–H and O–H groups in total. The Bertz CT molecular complexity index is 720. The summed E-state index contributed by atoms with van der Waals surface area (Å²) in [4.78, 5) is 21.8. The van der Waals surface area contributed by atoms with E-state index in [1.165, 1.54) is 0 Å². The zero-order valence-corrected chi connectivity index (χ0v) is 22.1. The summed E-state index contributed by atoms with van der Waals surface area (Å²) in [6.45, 7) is 5.91. The number of carboxylic acid groups (broad SMARTS) is 1. The molecule has 1 aromatic rings. The molecule has 1 rings (SSSR count). The van der Waals surface area contributed by atoms with Crippen LogP contribution in [0.3, 0.4) is 0 Å². The van der Waals surface area contributed by atoms with Crippen molar-refractivity contribution in [3.63, 3.8) is 0 Å². The predicted molar refractivity (Wildman–Crippen MR) is 138 cm³/mol. The molecule has 0 aliphatic heterocycles. The van der Waals surface area contributed by atoms with Gasteiger partial charge in [0, 0.05) is 12.8 Å². The first-order chi connectivity index (χ1) is 18.6. The van der Waals surface area contributed by atoms with Gasteiger partial charge in [-0.3, -0.25) is 9.59 Å². The van der Waals surface area contributed by atoms with Gasteiger partial charge in [0.2, 0.25) is 0 Å². The van der Waals surface area contributed by atoms with Crippen LogP contribution >= 0.6 is 0 Å². The summed E-state index contributed by atoms with van der Waals surface area (Å²) in [5.74, 6) is -0.549. The van der Waals surface area contributed by atoms with E-state index in [0.717, 1.165) is 0 Å². The lowest BCUT2D eigenvalue weighted by Gasteiger charge is -2.09. The van der Waals surface area contributed by atoms with Gasteiger partial charge in [0.25, 0.3) is 0 Å². The van der Waals surface area contributed by atoms with E-state index in [0.29, 0.717) is 104 Å². The number of para-hydroxylation sites is 2. The molecule has 0 radical (unpaired) electrons. The number of rotatable bonds is 27. The minimum absolute atomic E-state index is 0.0624. The van der Waals surface area contributed by atoms with Crippen LogP contribution in [0.4, 0.5) is 5.69 Å². The SMILES string of the molecule is Nc1ccccc1OCCOCCOCCOCCOCCOCCOCCOC(=O)CCCCC(=O)O. The molecule has 0 saturated heterocycles. The lowest BCUT2D eigenvalue weighted by molar-refractivity contribution is -0.146. The molecule has 0 fully saturated rings. The van der Waals surface area contributed by atoms with Crippen LogP contribution in [-0.2, 0) is 42.7 Å². The first-order valence-electron chi connectivity index (χ1n) is 12.9. The van der Waals surface area contributed by atoms with Crippen molar-refractivity contribution in [1.29, 1.82) is 0 Å². The average Bonchev–Trinajstić information content (AvgIpc) is 2.90. The number of nitrogen functional groups attached to an aromatic ring is 1. The highest BCUT2D eigenvalue weighted by Crippen LogP contribution is 2.19. The van der Waals surface area contributed by atoms with E-state index in [-0.39, 0.29) is 32.0 Å². The maximum atomic E-state index is 11.4. The molecule has 1 aromatic carbocycles. The second kappa shape index (κ2) is 24.8. The third-order valence-electron chi connectivity index (χ3n) is 4.78. The first kappa shape index (κ1) is 33.5. The normalized spacial score (nSPS) is 10.9. The van der Waals surface area contributed by atoms with Gasteiger partial charge in [-0.25, -0.2) is 0 Å². The van der Waals surface area contributed by atoms with Crippen molar-refractivity contribution in [2.45, 2.75) is 25.7 Å². The van der Waals surface area contributed by atoms with Gasteiger partial charge in [-0.1, -0.05) is 12.1 Å². The smallest absolute Gasteiger partial charge is 0.305 e. The van der Waals surface area contributed by atoms with Gasteiger partial charge in [-0.2, -0.15) is 0 Å². The monoisotopic (exact) mass is 545 g/mol. The van der Waals surface area contributed by atoms with Crippen molar-refractivity contribution in [2.75, 3.05) is 98.2 Å². The second-order valence-electron chi connectivity index (χ2n) is 7.88. The number of esters is 1. The number of nitrogens with two attached hydrogens (primary N) is 1. The average molecular weight is 546 g/mol. The summed E-state index contributed by atoms with van der Waals surface area (Å²) in [5.41, 5.74) is 6.40. The van der Waals surface area contributed by atoms with Crippen LogP contribution in [0.1, 0.15) is 25.7 Å². The highest BCUT2D eigenvalue weighted by Gasteiger charge is 2.04. The molecule has 0 aliphatic carbocycles. The Labute approximate surface area is 224 Å². The number of anilines is 1. The highest BCUT2D eigenvalue weighted by atomic mass is 16.6. The second-order valence-corrected chi connectivity index (χ2v) is 7.88. The maximum absolute atomic E-state index is 11.4. The van der Waals surface area contributed by atoms with E-state index >= 15 is 0 Å². The first-order valence-corrected chi connectivity index (χ1v) is 12.9. The van der Waals surface area contributed by atoms with E-state index < -0.39 is 5.97 Å². The largest absolute Gasteiger partial charge is 0.489 e. The van der Waals surface area contributed by atoms with Gasteiger partial charge in [0.05, 0.1) is 85.0 Å². The third kappa shape index (κ3) is 21.6. The molecule has 0 unspecified atom stereocenters. The summed E-state index contributed by atoms with van der Waals surface area (Å²) < 4.78 is 43.0. The van der Waals surface area contributed by atoms with Crippen molar-refractivity contribution in [2.24, 2.45) is 0 Å². The molecule has 218 valence electrons. The zero-order valence-electron chi connectivity index (χ0n) is 22.1. The topological polar surface area (TPSA) is 154 Å². The molecule has 0 spiro atoms. The Morgan fingerprint density at radius 1 is 0.605 bits per heavy atom. The fourth-order valence-electron chi connectivity index (χ4n) is 2.86. The van der Waals surface area contributed by atoms with Crippen molar-refractivity contribution in [3.8, 4) is 5.75 Å². The van der Waals surface area contributed by atoms with Gasteiger partial charge >= 0.3 is 11.9 Å². The van der Waals surface area contributed by atoms with Crippen molar-refractivity contribution in [1.82, 2.24) is 0 Å². The highest BCUT2D eigenvalue weighted by molar-refractivity contribution is 5.69. The lowest BCUT2D eigenvalue weighted by atomic mass is 10.2. The molecule has 38 heavy (non-hydrogen) atoms. The standard InChI is InChI=1S/C26H43NO11/c27-23-5-1-2-6-24(23)37-21-19-35-17-15-33-13-11-31-9-10-32-12-14-34-16-18-36-20-22-38-26(30)8-4-3-7-25(28)29/h1-2,5-6H,3-4,7-22,27H2,(H,28,29). The van der Waals surface area contributed by atoms with Crippen LogP contribution in [0.5, 0.6) is 5.75 Å². The fourth-order valence-corrected chi connectivity index (χ4v) is 2.86. The minimum Gasteiger partial charge on any atom is -0.489 e. The summed E-state index contributed by atoms with van der Waals surface area (Å²) in [7, 11) is 0. The summed E-state index contributed by atoms with van der Waals surface area (Å²) in [6.07, 6.45) is 1.25. The Morgan fingerprint density at radius 3 is 1.50 bits per heavy atom. The molecule has 0 atom stereocenters. The van der Waals surface area contributed by atoms with E-state index in [4.69, 9.17) is 48.7 Å². The number of hydrogen-bond acceptors (Lipinski definition) is 11. The molecular weight excluding hydrogens is 502 g/mol. The minimum atomic E-state index is -0.862. The van der Waals surface area contributed by atoms with Gasteiger partial charge in [0.1, 0.15) is 19.0 Å². The molecule has 12 heteroatoms. The molecule has 0 bridgehead atoms. The molecule has 12 nitrogen and oxygen atoms in total. The number of aliphatic carboxylic acids is 1. The Morgan fingerprint density at radius 2 is 1.03 bits per heavy atom. The van der Waals surface area contributed by atoms with Crippen molar-refractivity contribution in [3.05, 3.63) is 24.3 Å². The molecule has 0 heterocycles. The number of carbonyl (C=O) groups is 2. The van der Waals surface area contributed by atoms with Crippen LogP contribution in [0.15, 0.2) is 24.3 Å². The molecule has 0 amide bonds. The number of hydrogen-bond donors (Lipinski definition) is 2. The number of ether oxygens (including phenoxy) is 8. The zero-order chi connectivity index (χ0) is 27.5. The van der Waals surface area contributed by atoms with Gasteiger partial charge in [-0.05, 0) is 25.0 Å². The fraction of sp³-hybridized carbons (Fsp3) is 0.692. The van der Waals surface area contributed by atoms with Gasteiger partial charge in [-0.15, -0.1) is 0 Å². The molecule has 0 saturated carbocycles. The number of unbranched alkanes of at least 4 members (excludes halogenated alkanes) is 1. The van der Waals surface area contributed by atoms with Crippen LogP contribution in [0.25, 0.3) is 0 Å². The lowest BCUT2D eigenvalue weighted by Crippen LogP contribution is -2.15. The summed E-state index contributed by atoms with van der Waals surface area (Å²) in [6, 6.07) is 7.34. The Balaban J connectivity index is 1.69. The molecule has 0 aromatic heterocycles. The van der Waals surface area contributed by atoms with Crippen LogP contribution < -0.4 is 10.5 Å². The Hall–Kier alpha value is -2.48. The number of benzene rings is 1. The molecular formula is C26H43NO11. The predicted octanol–water partition coefficient (Wildman–Crippen LogP) is 1.94. The van der Waals surface area contributed by atoms with Gasteiger partial charge < -0.3 is 48.7 Å². The van der Waals surface area contributed by atoms with Crippen molar-refractivity contribution < 1.29 is 52.6 Å². The van der Waals surface area contributed by atoms with Crippen LogP contribution in [0, 0.1) is 0 Å². The van der Waals surface area contributed by atoms with Gasteiger partial charge in [0.15, 0.2) is 0 Å². The van der Waals surface area contributed by atoms with E-state index in [1.807, 2.05) is 18.2 Å². The number of carboxylic acids is 1. The maximum Gasteiger partial charge on any atom is 0.305 e. The number of carbonyl (C=O) groups excluding carboxylic acids is 1. The van der Waals surface area contributed by atoms with Crippen LogP contribution in [-0.4, -0.2) is 110 Å². The van der Waals surface area contributed by atoms with Crippen molar-refractivity contribution >= 4 is 17.6 Å². The van der Waals surface area contributed by atoms with E-state index in [9.17, 15) is 9.59 Å².